The lowest BCUT2D eigenvalue weighted by atomic mass is 10.0. The van der Waals surface area contributed by atoms with E-state index in [-0.39, 0.29) is 5.97 Å². The molecule has 3 heteroatoms. The minimum Gasteiger partial charge on any atom is -0.462 e. The van der Waals surface area contributed by atoms with Crippen LogP contribution in [0, 0.1) is 5.92 Å². The molecule has 2 nitrogen and oxygen atoms in total. The molecule has 0 aromatic carbocycles. The lowest BCUT2D eigenvalue weighted by Gasteiger charge is -2.13. The van der Waals surface area contributed by atoms with Crippen LogP contribution in [0.1, 0.15) is 39.5 Å². The number of rotatable bonds is 7. The van der Waals surface area contributed by atoms with Gasteiger partial charge in [-0.3, -0.25) is 0 Å². The van der Waals surface area contributed by atoms with Crippen molar-refractivity contribution in [2.45, 2.75) is 39.5 Å². The van der Waals surface area contributed by atoms with Gasteiger partial charge in [-0.1, -0.05) is 33.1 Å². The molecule has 1 unspecified atom stereocenters. The largest absolute Gasteiger partial charge is 0.462 e. The highest BCUT2D eigenvalue weighted by Crippen LogP contribution is 2.12. The van der Waals surface area contributed by atoms with Gasteiger partial charge >= 0.3 is 5.97 Å². The second-order valence-corrected chi connectivity index (χ2v) is 3.66. The Kier molecular flexibility index (Phi) is 8.84. The van der Waals surface area contributed by atoms with E-state index in [1.54, 1.807) is 0 Å². The number of ether oxygens (including phenoxy) is 1. The maximum absolute atomic E-state index is 11.0. The van der Waals surface area contributed by atoms with Crippen molar-refractivity contribution in [3.05, 3.63) is 11.5 Å². The second-order valence-electron chi connectivity index (χ2n) is 3.36. The van der Waals surface area contributed by atoms with Crippen molar-refractivity contribution in [1.29, 1.82) is 0 Å². The fraction of sp³-hybridized carbons (Fsp3) is 0.727. The molecule has 0 saturated heterocycles. The number of thiol groups is 1. The van der Waals surface area contributed by atoms with Gasteiger partial charge < -0.3 is 4.74 Å². The normalized spacial score (nSPS) is 13.1. The molecular formula is C11H20O2S. The van der Waals surface area contributed by atoms with Crippen LogP contribution < -0.4 is 0 Å². The summed E-state index contributed by atoms with van der Waals surface area (Å²) >= 11 is 3.80. The van der Waals surface area contributed by atoms with E-state index in [1.165, 1.54) is 24.3 Å². The van der Waals surface area contributed by atoms with Crippen LogP contribution in [0.15, 0.2) is 11.5 Å². The summed E-state index contributed by atoms with van der Waals surface area (Å²) in [5.74, 6) is 0.210. The average molecular weight is 216 g/mol. The Hall–Kier alpha value is -0.440. The number of carbonyl (C=O) groups is 1. The van der Waals surface area contributed by atoms with Crippen molar-refractivity contribution in [3.8, 4) is 0 Å². The van der Waals surface area contributed by atoms with Crippen LogP contribution in [0.3, 0.4) is 0 Å². The maximum Gasteiger partial charge on any atom is 0.331 e. The zero-order chi connectivity index (χ0) is 10.8. The zero-order valence-corrected chi connectivity index (χ0v) is 9.93. The number of carbonyl (C=O) groups excluding carboxylic acids is 1. The fourth-order valence-corrected chi connectivity index (χ4v) is 1.33. The molecule has 0 aliphatic carbocycles. The number of hydrogen-bond donors (Lipinski definition) is 1. The molecule has 0 amide bonds. The molecule has 0 radical (unpaired) electrons. The monoisotopic (exact) mass is 216 g/mol. The molecule has 0 heterocycles. The first-order chi connectivity index (χ1) is 6.74. The van der Waals surface area contributed by atoms with E-state index in [1.807, 2.05) is 0 Å². The third-order valence-electron chi connectivity index (χ3n) is 2.22. The van der Waals surface area contributed by atoms with E-state index in [0.717, 1.165) is 12.8 Å². The van der Waals surface area contributed by atoms with Crippen LogP contribution in [0.2, 0.25) is 0 Å². The molecule has 0 N–H and O–H groups in total. The molecule has 0 rings (SSSR count). The third-order valence-corrected chi connectivity index (χ3v) is 2.36. The van der Waals surface area contributed by atoms with E-state index >= 15 is 0 Å². The SMILES string of the molecule is CCCCC(CC)COC(=O)C=CS. The highest BCUT2D eigenvalue weighted by molar-refractivity contribution is 7.83. The van der Waals surface area contributed by atoms with Gasteiger partial charge in [0.25, 0.3) is 0 Å². The Morgan fingerprint density at radius 2 is 2.21 bits per heavy atom. The average Bonchev–Trinajstić information content (AvgIpc) is 2.19. The number of hydrogen-bond acceptors (Lipinski definition) is 3. The van der Waals surface area contributed by atoms with Gasteiger partial charge in [0.05, 0.1) is 6.61 Å². The molecule has 0 aliphatic heterocycles. The van der Waals surface area contributed by atoms with E-state index in [4.69, 9.17) is 4.74 Å². The van der Waals surface area contributed by atoms with Crippen molar-refractivity contribution in [2.24, 2.45) is 5.92 Å². The topological polar surface area (TPSA) is 26.3 Å². The summed E-state index contributed by atoms with van der Waals surface area (Å²) in [5, 5.41) is 1.40. The van der Waals surface area contributed by atoms with Gasteiger partial charge in [0.15, 0.2) is 0 Å². The van der Waals surface area contributed by atoms with E-state index in [9.17, 15) is 4.79 Å². The molecular weight excluding hydrogens is 196 g/mol. The molecule has 0 aromatic rings. The molecule has 0 bridgehead atoms. The highest BCUT2D eigenvalue weighted by atomic mass is 32.1. The van der Waals surface area contributed by atoms with E-state index in [0.29, 0.717) is 12.5 Å². The molecule has 14 heavy (non-hydrogen) atoms. The van der Waals surface area contributed by atoms with Gasteiger partial charge in [0, 0.05) is 6.08 Å². The van der Waals surface area contributed by atoms with Gasteiger partial charge in [0.2, 0.25) is 0 Å². The van der Waals surface area contributed by atoms with Crippen LogP contribution in [-0.4, -0.2) is 12.6 Å². The first kappa shape index (κ1) is 13.6. The highest BCUT2D eigenvalue weighted by Gasteiger charge is 2.07. The summed E-state index contributed by atoms with van der Waals surface area (Å²) in [6.45, 7) is 4.83. The molecule has 82 valence electrons. The summed E-state index contributed by atoms with van der Waals surface area (Å²) in [5.41, 5.74) is 0. The number of esters is 1. The van der Waals surface area contributed by atoms with Crippen molar-refractivity contribution in [2.75, 3.05) is 6.61 Å². The molecule has 0 saturated carbocycles. The van der Waals surface area contributed by atoms with Gasteiger partial charge in [-0.15, -0.1) is 0 Å². The minimum atomic E-state index is -0.296. The molecule has 1 atom stereocenters. The summed E-state index contributed by atoms with van der Waals surface area (Å²) in [7, 11) is 0. The Balaban J connectivity index is 3.66. The maximum atomic E-state index is 11.0. The quantitative estimate of drug-likeness (QED) is 0.402. The van der Waals surface area contributed by atoms with Crippen LogP contribution in [0.4, 0.5) is 0 Å². The number of unbranched alkanes of at least 4 members (excludes halogenated alkanes) is 1. The Morgan fingerprint density at radius 3 is 2.71 bits per heavy atom. The van der Waals surface area contributed by atoms with Gasteiger partial charge in [-0.05, 0) is 17.7 Å². The predicted octanol–water partition coefficient (Wildman–Crippen LogP) is 3.19. The van der Waals surface area contributed by atoms with Crippen LogP contribution in [0.5, 0.6) is 0 Å². The van der Waals surface area contributed by atoms with Crippen LogP contribution in [-0.2, 0) is 9.53 Å². The Labute approximate surface area is 92.1 Å². The lowest BCUT2D eigenvalue weighted by Crippen LogP contribution is -2.12. The summed E-state index contributed by atoms with van der Waals surface area (Å²) in [6.07, 6.45) is 5.94. The minimum absolute atomic E-state index is 0.296. The van der Waals surface area contributed by atoms with Crippen molar-refractivity contribution in [1.82, 2.24) is 0 Å². The molecule has 0 aliphatic rings. The van der Waals surface area contributed by atoms with Gasteiger partial charge in [-0.2, -0.15) is 12.6 Å². The Morgan fingerprint density at radius 1 is 1.50 bits per heavy atom. The third kappa shape index (κ3) is 7.01. The molecule has 0 fully saturated rings. The van der Waals surface area contributed by atoms with Crippen molar-refractivity contribution < 1.29 is 9.53 Å². The van der Waals surface area contributed by atoms with Crippen molar-refractivity contribution in [3.63, 3.8) is 0 Å². The fourth-order valence-electron chi connectivity index (χ4n) is 1.21. The summed E-state index contributed by atoms with van der Waals surface area (Å²) in [4.78, 5) is 11.0. The zero-order valence-electron chi connectivity index (χ0n) is 9.03. The van der Waals surface area contributed by atoms with Gasteiger partial charge in [-0.25, -0.2) is 4.79 Å². The van der Waals surface area contributed by atoms with Gasteiger partial charge in [0.1, 0.15) is 0 Å². The van der Waals surface area contributed by atoms with E-state index in [2.05, 4.69) is 26.5 Å². The first-order valence-corrected chi connectivity index (χ1v) is 5.73. The molecule has 0 spiro atoms. The smallest absolute Gasteiger partial charge is 0.331 e. The Bertz CT molecular complexity index is 178. The second kappa shape index (κ2) is 9.13. The standard InChI is InChI=1S/C11H20O2S/c1-3-5-6-10(4-2)9-13-11(12)7-8-14/h7-8,10,14H,3-6,9H2,1-2H3. The van der Waals surface area contributed by atoms with Crippen LogP contribution in [0.25, 0.3) is 0 Å². The summed E-state index contributed by atoms with van der Waals surface area (Å²) < 4.78 is 5.06. The summed E-state index contributed by atoms with van der Waals surface area (Å²) in [6, 6.07) is 0. The predicted molar refractivity (Wildman–Crippen MR) is 62.4 cm³/mol. The lowest BCUT2D eigenvalue weighted by molar-refractivity contribution is -0.139. The van der Waals surface area contributed by atoms with Crippen LogP contribution >= 0.6 is 12.6 Å². The van der Waals surface area contributed by atoms with Crippen molar-refractivity contribution >= 4 is 18.6 Å². The molecule has 0 aromatic heterocycles. The first-order valence-electron chi connectivity index (χ1n) is 5.22. The van der Waals surface area contributed by atoms with E-state index < -0.39 is 0 Å².